The number of fused-ring (bicyclic) bond motifs is 1. The van der Waals surface area contributed by atoms with Crippen LogP contribution < -0.4 is 0 Å². The summed E-state index contributed by atoms with van der Waals surface area (Å²) in [5.41, 5.74) is 0. The number of ether oxygens (including phenoxy) is 2. The summed E-state index contributed by atoms with van der Waals surface area (Å²) in [6.07, 6.45) is 1.55. The lowest BCUT2D eigenvalue weighted by Gasteiger charge is -2.21. The van der Waals surface area contributed by atoms with E-state index in [1.165, 1.54) is 4.31 Å². The molecule has 0 saturated carbocycles. The monoisotopic (exact) mass is 309 g/mol. The molecule has 1 aromatic carbocycles. The van der Waals surface area contributed by atoms with Gasteiger partial charge in [-0.15, -0.1) is 6.58 Å². The van der Waals surface area contributed by atoms with E-state index in [9.17, 15) is 8.42 Å². The van der Waals surface area contributed by atoms with Crippen molar-refractivity contribution in [2.45, 2.75) is 17.0 Å². The molecule has 2 fully saturated rings. The van der Waals surface area contributed by atoms with Crippen molar-refractivity contribution in [2.24, 2.45) is 5.92 Å². The molecule has 1 aromatic rings. The van der Waals surface area contributed by atoms with Crippen LogP contribution >= 0.6 is 0 Å². The summed E-state index contributed by atoms with van der Waals surface area (Å²) in [7, 11) is -3.50. The maximum atomic E-state index is 12.8. The molecule has 0 spiro atoms. The van der Waals surface area contributed by atoms with E-state index >= 15 is 0 Å². The lowest BCUT2D eigenvalue weighted by Crippen LogP contribution is -2.38. The van der Waals surface area contributed by atoms with Crippen LogP contribution in [0.1, 0.15) is 0 Å². The Balaban J connectivity index is 1.87. The van der Waals surface area contributed by atoms with Gasteiger partial charge in [0.05, 0.1) is 36.9 Å². The zero-order chi connectivity index (χ0) is 14.9. The third kappa shape index (κ3) is 2.64. The molecule has 0 bridgehead atoms. The molecule has 0 aliphatic carbocycles. The summed E-state index contributed by atoms with van der Waals surface area (Å²) in [6.45, 7) is 5.42. The molecule has 3 rings (SSSR count). The van der Waals surface area contributed by atoms with E-state index in [4.69, 9.17) is 9.47 Å². The summed E-state index contributed by atoms with van der Waals surface area (Å²) < 4.78 is 38.3. The third-order valence-corrected chi connectivity index (χ3v) is 5.98. The fraction of sp³-hybridized carbons (Fsp3) is 0.467. The Morgan fingerprint density at radius 2 is 2.10 bits per heavy atom. The maximum Gasteiger partial charge on any atom is 0.243 e. The molecule has 21 heavy (non-hydrogen) atoms. The van der Waals surface area contributed by atoms with Gasteiger partial charge in [-0.2, -0.15) is 4.31 Å². The van der Waals surface area contributed by atoms with Gasteiger partial charge in [-0.25, -0.2) is 8.42 Å². The number of nitrogens with zero attached hydrogens (tertiary/aromatic N) is 1. The van der Waals surface area contributed by atoms with Gasteiger partial charge < -0.3 is 9.47 Å². The maximum absolute atomic E-state index is 12.8. The zero-order valence-corrected chi connectivity index (χ0v) is 12.5. The Labute approximate surface area is 125 Å². The van der Waals surface area contributed by atoms with Gasteiger partial charge >= 0.3 is 0 Å². The Hall–Kier alpha value is -1.21. The average Bonchev–Trinajstić information content (AvgIpc) is 3.08. The molecular formula is C15H19NO4S. The topological polar surface area (TPSA) is 55.8 Å². The van der Waals surface area contributed by atoms with Gasteiger partial charge in [0.15, 0.2) is 0 Å². The molecular weight excluding hydrogens is 290 g/mol. The minimum absolute atomic E-state index is 0.100. The van der Waals surface area contributed by atoms with Crippen LogP contribution in [0.3, 0.4) is 0 Å². The van der Waals surface area contributed by atoms with Crippen LogP contribution in [0.2, 0.25) is 0 Å². The fourth-order valence-corrected chi connectivity index (χ4v) is 4.72. The minimum atomic E-state index is -3.50. The zero-order valence-electron chi connectivity index (χ0n) is 11.7. The van der Waals surface area contributed by atoms with Crippen molar-refractivity contribution in [3.63, 3.8) is 0 Å². The second-order valence-electron chi connectivity index (χ2n) is 5.32. The van der Waals surface area contributed by atoms with Crippen LogP contribution in [0.15, 0.2) is 47.9 Å². The first-order chi connectivity index (χ1) is 10.1. The molecule has 6 heteroatoms. The lowest BCUT2D eigenvalue weighted by atomic mass is 10.0. The second kappa shape index (κ2) is 5.88. The van der Waals surface area contributed by atoms with Crippen LogP contribution in [-0.2, 0) is 19.5 Å². The van der Waals surface area contributed by atoms with Crippen LogP contribution in [0.25, 0.3) is 0 Å². The van der Waals surface area contributed by atoms with E-state index in [-0.39, 0.29) is 18.1 Å². The average molecular weight is 309 g/mol. The van der Waals surface area contributed by atoms with Gasteiger partial charge in [0.25, 0.3) is 0 Å². The number of sulfonamides is 1. The van der Waals surface area contributed by atoms with E-state index in [0.717, 1.165) is 0 Å². The van der Waals surface area contributed by atoms with Crippen molar-refractivity contribution < 1.29 is 17.9 Å². The summed E-state index contributed by atoms with van der Waals surface area (Å²) in [5.74, 6) is 0.100. The van der Waals surface area contributed by atoms with Crippen LogP contribution in [0.4, 0.5) is 0 Å². The summed E-state index contributed by atoms with van der Waals surface area (Å²) in [4.78, 5) is 0.319. The van der Waals surface area contributed by atoms with Crippen molar-refractivity contribution >= 4 is 10.0 Å². The molecule has 2 aliphatic heterocycles. The SMILES string of the molecule is C=CCO[C@@H]1CN(S(=O)(=O)c2ccccc2)[C@H]2COC[C@@H]12. The molecule has 0 aromatic heterocycles. The highest BCUT2D eigenvalue weighted by Gasteiger charge is 2.50. The smallest absolute Gasteiger partial charge is 0.243 e. The van der Waals surface area contributed by atoms with E-state index in [2.05, 4.69) is 6.58 Å². The first kappa shape index (κ1) is 14.7. The van der Waals surface area contributed by atoms with Gasteiger partial charge in [0.1, 0.15) is 0 Å². The molecule has 0 unspecified atom stereocenters. The molecule has 0 amide bonds. The van der Waals surface area contributed by atoms with E-state index in [0.29, 0.717) is 31.3 Å². The third-order valence-electron chi connectivity index (χ3n) is 4.08. The van der Waals surface area contributed by atoms with E-state index in [1.807, 2.05) is 0 Å². The van der Waals surface area contributed by atoms with Gasteiger partial charge in [-0.05, 0) is 12.1 Å². The van der Waals surface area contributed by atoms with Crippen molar-refractivity contribution in [2.75, 3.05) is 26.4 Å². The quantitative estimate of drug-likeness (QED) is 0.769. The minimum Gasteiger partial charge on any atom is -0.379 e. The van der Waals surface area contributed by atoms with Crippen LogP contribution in [0.5, 0.6) is 0 Å². The van der Waals surface area contributed by atoms with E-state index < -0.39 is 10.0 Å². The van der Waals surface area contributed by atoms with Gasteiger partial charge in [0, 0.05) is 12.5 Å². The molecule has 0 N–H and O–H groups in total. The number of hydrogen-bond acceptors (Lipinski definition) is 4. The van der Waals surface area contributed by atoms with E-state index in [1.54, 1.807) is 36.4 Å². The number of rotatable bonds is 5. The summed E-state index contributed by atoms with van der Waals surface area (Å²) in [5, 5.41) is 0. The van der Waals surface area contributed by atoms with Gasteiger partial charge in [-0.1, -0.05) is 24.3 Å². The Kier molecular flexibility index (Phi) is 4.12. The standard InChI is InChI=1S/C15H19NO4S/c1-2-8-20-15-9-16(14-11-19-10-13(14)15)21(17,18)12-6-4-3-5-7-12/h2-7,13-15H,1,8-11H2/t13-,14+,15-/m1/s1. The number of benzene rings is 1. The second-order valence-corrected chi connectivity index (χ2v) is 7.21. The largest absolute Gasteiger partial charge is 0.379 e. The molecule has 2 saturated heterocycles. The molecule has 5 nitrogen and oxygen atoms in total. The Bertz CT molecular complexity index is 601. The normalized spacial score (nSPS) is 29.4. The number of hydrogen-bond donors (Lipinski definition) is 0. The molecule has 2 heterocycles. The lowest BCUT2D eigenvalue weighted by molar-refractivity contribution is 0.0395. The predicted molar refractivity (Wildman–Crippen MR) is 78.4 cm³/mol. The molecule has 0 radical (unpaired) electrons. The fourth-order valence-electron chi connectivity index (χ4n) is 3.03. The van der Waals surface area contributed by atoms with Crippen molar-refractivity contribution in [1.29, 1.82) is 0 Å². The first-order valence-electron chi connectivity index (χ1n) is 7.01. The highest BCUT2D eigenvalue weighted by atomic mass is 32.2. The van der Waals surface area contributed by atoms with Crippen molar-refractivity contribution in [1.82, 2.24) is 4.31 Å². The van der Waals surface area contributed by atoms with Crippen molar-refractivity contribution in [3.8, 4) is 0 Å². The van der Waals surface area contributed by atoms with Crippen LogP contribution in [-0.4, -0.2) is 51.2 Å². The van der Waals surface area contributed by atoms with Crippen LogP contribution in [0, 0.1) is 5.92 Å². The summed E-state index contributed by atoms with van der Waals surface area (Å²) >= 11 is 0. The summed E-state index contributed by atoms with van der Waals surface area (Å²) in [6, 6.07) is 8.38. The highest BCUT2D eigenvalue weighted by Crippen LogP contribution is 2.35. The first-order valence-corrected chi connectivity index (χ1v) is 8.45. The Morgan fingerprint density at radius 1 is 1.33 bits per heavy atom. The van der Waals surface area contributed by atoms with Gasteiger partial charge in [0.2, 0.25) is 10.0 Å². The Morgan fingerprint density at radius 3 is 2.81 bits per heavy atom. The molecule has 114 valence electrons. The predicted octanol–water partition coefficient (Wildman–Crippen LogP) is 1.28. The molecule has 2 aliphatic rings. The van der Waals surface area contributed by atoms with Gasteiger partial charge in [-0.3, -0.25) is 0 Å². The van der Waals surface area contributed by atoms with Crippen molar-refractivity contribution in [3.05, 3.63) is 43.0 Å². The molecule has 3 atom stereocenters. The highest BCUT2D eigenvalue weighted by molar-refractivity contribution is 7.89.